The van der Waals surface area contributed by atoms with Crippen molar-refractivity contribution in [3.05, 3.63) is 17.5 Å². The molecule has 28 heavy (non-hydrogen) atoms. The van der Waals surface area contributed by atoms with Gasteiger partial charge in [-0.05, 0) is 32.1 Å². The van der Waals surface area contributed by atoms with Gasteiger partial charge in [0.2, 0.25) is 0 Å². The Balaban J connectivity index is 1.39. The first-order chi connectivity index (χ1) is 13.4. The second kappa shape index (κ2) is 7.74. The quantitative estimate of drug-likeness (QED) is 0.732. The number of rotatable bonds is 5. The lowest BCUT2D eigenvalue weighted by molar-refractivity contribution is 0.0866. The van der Waals surface area contributed by atoms with Gasteiger partial charge in [-0.15, -0.1) is 0 Å². The van der Waals surface area contributed by atoms with Crippen LogP contribution >= 0.6 is 0 Å². The molecule has 0 unspecified atom stereocenters. The lowest BCUT2D eigenvalue weighted by atomic mass is 9.91. The van der Waals surface area contributed by atoms with Gasteiger partial charge >= 0.3 is 0 Å². The van der Waals surface area contributed by atoms with Crippen LogP contribution in [0, 0.1) is 5.92 Å². The summed E-state index contributed by atoms with van der Waals surface area (Å²) in [5, 5.41) is 10.1. The highest BCUT2D eigenvalue weighted by Gasteiger charge is 2.41. The van der Waals surface area contributed by atoms with Gasteiger partial charge in [0.15, 0.2) is 5.69 Å². The Bertz CT molecular complexity index is 816. The molecule has 0 aromatic carbocycles. The van der Waals surface area contributed by atoms with Crippen molar-refractivity contribution in [1.29, 1.82) is 0 Å². The normalized spacial score (nSPS) is 30.3. The minimum absolute atomic E-state index is 0.00708. The van der Waals surface area contributed by atoms with Gasteiger partial charge in [0.1, 0.15) is 5.76 Å². The highest BCUT2D eigenvalue weighted by atomic mass is 32.2. The summed E-state index contributed by atoms with van der Waals surface area (Å²) in [6, 6.07) is 1.45. The maximum atomic E-state index is 13.0. The third kappa shape index (κ3) is 3.96. The van der Waals surface area contributed by atoms with Crippen LogP contribution < -0.4 is 10.6 Å². The summed E-state index contributed by atoms with van der Waals surface area (Å²) in [7, 11) is -3.48. The Kier molecular flexibility index (Phi) is 5.47. The first-order valence-electron chi connectivity index (χ1n) is 10.1. The number of nitrogens with one attached hydrogen (secondary N) is 2. The van der Waals surface area contributed by atoms with E-state index >= 15 is 0 Å². The van der Waals surface area contributed by atoms with Crippen molar-refractivity contribution in [2.45, 2.75) is 51.1 Å². The van der Waals surface area contributed by atoms with Gasteiger partial charge in [-0.25, -0.2) is 0 Å². The molecule has 2 N–H and O–H groups in total. The molecule has 156 valence electrons. The fraction of sp³-hybridized carbons (Fsp3) is 0.778. The van der Waals surface area contributed by atoms with E-state index < -0.39 is 10.2 Å². The number of nitrogens with zero attached hydrogens (tertiary/aromatic N) is 3. The molecule has 0 bridgehead atoms. The molecule has 1 aliphatic carbocycles. The number of carbonyl (C=O) groups excluding carboxylic acids is 1. The first kappa shape index (κ1) is 19.8. The van der Waals surface area contributed by atoms with Gasteiger partial charge in [-0.2, -0.15) is 17.0 Å². The standard InChI is InChI=1S/C18H29N5O4S/c1-12-11-23(28(25,26)22-7-5-19-6-8-22)13(2)9-15(12)20-18(24)16-10-17(27-21-16)14-3-4-14/h10,12-15,19H,3-9,11H2,1-2H3,(H,20,24)/t12-,13-,15+/m0/s1. The van der Waals surface area contributed by atoms with Crippen molar-refractivity contribution in [2.75, 3.05) is 32.7 Å². The monoisotopic (exact) mass is 411 g/mol. The largest absolute Gasteiger partial charge is 0.360 e. The average Bonchev–Trinajstić information content (AvgIpc) is 3.41. The molecule has 0 radical (unpaired) electrons. The number of aromatic nitrogens is 1. The van der Waals surface area contributed by atoms with E-state index in [2.05, 4.69) is 15.8 Å². The zero-order chi connectivity index (χ0) is 19.9. The van der Waals surface area contributed by atoms with Crippen molar-refractivity contribution >= 4 is 16.1 Å². The zero-order valence-electron chi connectivity index (χ0n) is 16.4. The van der Waals surface area contributed by atoms with Crippen LogP contribution in [0.3, 0.4) is 0 Å². The van der Waals surface area contributed by atoms with Crippen LogP contribution in [0.25, 0.3) is 0 Å². The van der Waals surface area contributed by atoms with Gasteiger partial charge in [0, 0.05) is 56.8 Å². The van der Waals surface area contributed by atoms with Crippen LogP contribution in [0.15, 0.2) is 10.6 Å². The van der Waals surface area contributed by atoms with Gasteiger partial charge in [0.25, 0.3) is 16.1 Å². The third-order valence-electron chi connectivity index (χ3n) is 6.00. The third-order valence-corrected chi connectivity index (χ3v) is 8.12. The lowest BCUT2D eigenvalue weighted by Crippen LogP contribution is -2.59. The molecule has 3 atom stereocenters. The molecule has 1 saturated carbocycles. The van der Waals surface area contributed by atoms with Crippen LogP contribution in [-0.4, -0.2) is 72.9 Å². The highest BCUT2D eigenvalue weighted by molar-refractivity contribution is 7.86. The van der Waals surface area contributed by atoms with E-state index in [1.165, 1.54) is 0 Å². The van der Waals surface area contributed by atoms with Crippen LogP contribution in [0.4, 0.5) is 0 Å². The molecule has 9 nitrogen and oxygen atoms in total. The average molecular weight is 412 g/mol. The summed E-state index contributed by atoms with van der Waals surface area (Å²) in [6.45, 7) is 6.63. The Morgan fingerprint density at radius 3 is 2.68 bits per heavy atom. The molecule has 1 aromatic rings. The Labute approximate surface area is 166 Å². The Hall–Kier alpha value is -1.49. The van der Waals surface area contributed by atoms with E-state index in [-0.39, 0.29) is 23.9 Å². The van der Waals surface area contributed by atoms with E-state index in [9.17, 15) is 13.2 Å². The van der Waals surface area contributed by atoms with E-state index in [0.29, 0.717) is 50.8 Å². The maximum Gasteiger partial charge on any atom is 0.282 e. The fourth-order valence-corrected chi connectivity index (χ4v) is 5.96. The smallest absolute Gasteiger partial charge is 0.282 e. The molecule has 0 spiro atoms. The summed E-state index contributed by atoms with van der Waals surface area (Å²) in [5.74, 6) is 0.945. The molecular weight excluding hydrogens is 382 g/mol. The first-order valence-corrected chi connectivity index (χ1v) is 11.5. The van der Waals surface area contributed by atoms with Crippen molar-refractivity contribution in [1.82, 2.24) is 24.4 Å². The van der Waals surface area contributed by atoms with Crippen molar-refractivity contribution in [3.8, 4) is 0 Å². The summed E-state index contributed by atoms with van der Waals surface area (Å²) in [4.78, 5) is 12.6. The Morgan fingerprint density at radius 1 is 1.29 bits per heavy atom. The van der Waals surface area contributed by atoms with E-state index in [4.69, 9.17) is 4.52 Å². The zero-order valence-corrected chi connectivity index (χ0v) is 17.2. The second-order valence-corrected chi connectivity index (χ2v) is 10.1. The van der Waals surface area contributed by atoms with E-state index in [0.717, 1.165) is 18.6 Å². The molecule has 3 aliphatic rings. The molecular formula is C18H29N5O4S. The summed E-state index contributed by atoms with van der Waals surface area (Å²) >= 11 is 0. The summed E-state index contributed by atoms with van der Waals surface area (Å²) in [6.07, 6.45) is 2.75. The number of carbonyl (C=O) groups is 1. The van der Waals surface area contributed by atoms with E-state index in [1.54, 1.807) is 14.7 Å². The molecule has 10 heteroatoms. The van der Waals surface area contributed by atoms with Crippen molar-refractivity contribution in [2.24, 2.45) is 5.92 Å². The molecule has 3 fully saturated rings. The molecule has 3 heterocycles. The second-order valence-electron chi connectivity index (χ2n) is 8.26. The number of piperidine rings is 1. The van der Waals surface area contributed by atoms with Crippen LogP contribution in [-0.2, 0) is 10.2 Å². The van der Waals surface area contributed by atoms with Gasteiger partial charge in [-0.3, -0.25) is 4.79 Å². The number of hydrogen-bond acceptors (Lipinski definition) is 6. The topological polar surface area (TPSA) is 108 Å². The van der Waals surface area contributed by atoms with Crippen LogP contribution in [0.1, 0.15) is 55.3 Å². The minimum Gasteiger partial charge on any atom is -0.360 e. The molecule has 4 rings (SSSR count). The van der Waals surface area contributed by atoms with Gasteiger partial charge in [-0.1, -0.05) is 12.1 Å². The van der Waals surface area contributed by atoms with Gasteiger partial charge < -0.3 is 15.2 Å². The van der Waals surface area contributed by atoms with Crippen LogP contribution in [0.2, 0.25) is 0 Å². The molecule has 1 amide bonds. The number of amides is 1. The van der Waals surface area contributed by atoms with Crippen molar-refractivity contribution in [3.63, 3.8) is 0 Å². The Morgan fingerprint density at radius 2 is 2.00 bits per heavy atom. The molecule has 1 aromatic heterocycles. The summed E-state index contributed by atoms with van der Waals surface area (Å²) < 4.78 is 34.5. The lowest BCUT2D eigenvalue weighted by Gasteiger charge is -2.43. The highest BCUT2D eigenvalue weighted by Crippen LogP contribution is 2.40. The number of piperazine rings is 1. The molecule has 2 saturated heterocycles. The van der Waals surface area contributed by atoms with E-state index in [1.807, 2.05) is 13.8 Å². The van der Waals surface area contributed by atoms with Crippen molar-refractivity contribution < 1.29 is 17.7 Å². The SMILES string of the molecule is C[C@H]1CN(S(=O)(=O)N2CCNCC2)[C@@H](C)C[C@H]1NC(=O)c1cc(C2CC2)on1. The molecule has 2 aliphatic heterocycles. The predicted octanol–water partition coefficient (Wildman–Crippen LogP) is 0.531. The predicted molar refractivity (Wildman–Crippen MR) is 103 cm³/mol. The summed E-state index contributed by atoms with van der Waals surface area (Å²) in [5.41, 5.74) is 0.303. The van der Waals surface area contributed by atoms with Crippen LogP contribution in [0.5, 0.6) is 0 Å². The fourth-order valence-electron chi connectivity index (χ4n) is 4.05. The van der Waals surface area contributed by atoms with Gasteiger partial charge in [0.05, 0.1) is 0 Å². The maximum absolute atomic E-state index is 13.0. The minimum atomic E-state index is -3.48. The number of hydrogen-bond donors (Lipinski definition) is 2.